The first kappa shape index (κ1) is 15.2. The Morgan fingerprint density at radius 2 is 1.81 bits per heavy atom. The number of aromatic carboxylic acids is 1. The summed E-state index contributed by atoms with van der Waals surface area (Å²) < 4.78 is 40.3. The van der Waals surface area contributed by atoms with Crippen molar-refractivity contribution < 1.29 is 27.8 Å². The molecule has 0 amide bonds. The zero-order chi connectivity index (χ0) is 15.5. The van der Waals surface area contributed by atoms with Crippen LogP contribution < -0.4 is 4.74 Å². The molecule has 3 nitrogen and oxygen atoms in total. The number of carboxylic acids is 1. The number of halogens is 3. The molecule has 110 valence electrons. The van der Waals surface area contributed by atoms with Gasteiger partial charge in [-0.2, -0.15) is 0 Å². The number of alkyl halides is 3. The van der Waals surface area contributed by atoms with Gasteiger partial charge in [0.15, 0.2) is 0 Å². The third-order valence-electron chi connectivity index (χ3n) is 2.38. The molecular weight excluding hydrogens is 305 g/mol. The van der Waals surface area contributed by atoms with Crippen LogP contribution in [0.2, 0.25) is 0 Å². The highest BCUT2D eigenvalue weighted by molar-refractivity contribution is 7.99. The van der Waals surface area contributed by atoms with Gasteiger partial charge >= 0.3 is 12.3 Å². The number of benzene rings is 2. The SMILES string of the molecule is O=C(O)c1ccccc1Sc1cccc(OC(F)(F)F)c1. The smallest absolute Gasteiger partial charge is 0.478 e. The third-order valence-corrected chi connectivity index (χ3v) is 3.45. The number of carboxylic acid groups (broad SMARTS) is 1. The molecule has 0 aliphatic carbocycles. The van der Waals surface area contributed by atoms with Crippen LogP contribution in [0, 0.1) is 0 Å². The predicted molar refractivity (Wildman–Crippen MR) is 70.6 cm³/mol. The van der Waals surface area contributed by atoms with Crippen LogP contribution in [0.25, 0.3) is 0 Å². The van der Waals surface area contributed by atoms with E-state index in [9.17, 15) is 18.0 Å². The van der Waals surface area contributed by atoms with Gasteiger partial charge in [-0.3, -0.25) is 0 Å². The Hall–Kier alpha value is -2.15. The third kappa shape index (κ3) is 4.42. The first-order valence-corrected chi connectivity index (χ1v) is 6.53. The summed E-state index contributed by atoms with van der Waals surface area (Å²) >= 11 is 1.05. The van der Waals surface area contributed by atoms with Gasteiger partial charge in [-0.05, 0) is 30.3 Å². The van der Waals surface area contributed by atoms with Gasteiger partial charge in [0.05, 0.1) is 5.56 Å². The fourth-order valence-electron chi connectivity index (χ4n) is 1.59. The van der Waals surface area contributed by atoms with Gasteiger partial charge in [0.25, 0.3) is 0 Å². The molecule has 0 spiro atoms. The van der Waals surface area contributed by atoms with Crippen molar-refractivity contribution in [3.8, 4) is 5.75 Å². The van der Waals surface area contributed by atoms with Crippen molar-refractivity contribution in [3.05, 3.63) is 54.1 Å². The Morgan fingerprint density at radius 1 is 1.10 bits per heavy atom. The van der Waals surface area contributed by atoms with Crippen molar-refractivity contribution in [3.63, 3.8) is 0 Å². The maximum absolute atomic E-state index is 12.2. The van der Waals surface area contributed by atoms with Crippen LogP contribution in [0.15, 0.2) is 58.3 Å². The molecule has 2 aromatic rings. The Labute approximate surface area is 122 Å². The summed E-state index contributed by atoms with van der Waals surface area (Å²) in [7, 11) is 0. The fraction of sp³-hybridized carbons (Fsp3) is 0.0714. The summed E-state index contributed by atoms with van der Waals surface area (Å²) in [5.41, 5.74) is 0.0876. The van der Waals surface area contributed by atoms with Gasteiger partial charge in [0, 0.05) is 9.79 Å². The molecule has 21 heavy (non-hydrogen) atoms. The summed E-state index contributed by atoms with van der Waals surface area (Å²) in [4.78, 5) is 12.0. The van der Waals surface area contributed by atoms with Crippen LogP contribution in [0.5, 0.6) is 5.75 Å². The highest BCUT2D eigenvalue weighted by Crippen LogP contribution is 2.33. The number of hydrogen-bond donors (Lipinski definition) is 1. The van der Waals surface area contributed by atoms with Gasteiger partial charge < -0.3 is 9.84 Å². The largest absolute Gasteiger partial charge is 0.573 e. The van der Waals surface area contributed by atoms with Crippen LogP contribution in [0.3, 0.4) is 0 Å². The van der Waals surface area contributed by atoms with Gasteiger partial charge in [-0.15, -0.1) is 13.2 Å². The van der Waals surface area contributed by atoms with E-state index in [-0.39, 0.29) is 11.3 Å². The van der Waals surface area contributed by atoms with Crippen molar-refractivity contribution in [1.29, 1.82) is 0 Å². The molecular formula is C14H9F3O3S. The van der Waals surface area contributed by atoms with E-state index in [1.54, 1.807) is 24.3 Å². The minimum Gasteiger partial charge on any atom is -0.478 e. The van der Waals surface area contributed by atoms with E-state index in [0.29, 0.717) is 9.79 Å². The molecule has 0 aromatic heterocycles. The van der Waals surface area contributed by atoms with E-state index >= 15 is 0 Å². The van der Waals surface area contributed by atoms with Gasteiger partial charge in [0.1, 0.15) is 5.75 Å². The van der Waals surface area contributed by atoms with E-state index < -0.39 is 12.3 Å². The quantitative estimate of drug-likeness (QED) is 0.906. The van der Waals surface area contributed by atoms with Crippen LogP contribution in [0.4, 0.5) is 13.2 Å². The van der Waals surface area contributed by atoms with Crippen LogP contribution in [-0.2, 0) is 0 Å². The molecule has 2 aromatic carbocycles. The van der Waals surface area contributed by atoms with Gasteiger partial charge in [-0.25, -0.2) is 4.79 Å². The fourth-order valence-corrected chi connectivity index (χ4v) is 2.58. The maximum Gasteiger partial charge on any atom is 0.573 e. The number of ether oxygens (including phenoxy) is 1. The topological polar surface area (TPSA) is 46.5 Å². The number of hydrogen-bond acceptors (Lipinski definition) is 3. The monoisotopic (exact) mass is 314 g/mol. The lowest BCUT2D eigenvalue weighted by atomic mass is 10.2. The standard InChI is InChI=1S/C14H9F3O3S/c15-14(16,17)20-9-4-3-5-10(8-9)21-12-7-2-1-6-11(12)13(18)19/h1-8H,(H,18,19). The second-order valence-electron chi connectivity index (χ2n) is 3.93. The van der Waals surface area contributed by atoms with Crippen molar-refractivity contribution >= 4 is 17.7 Å². The molecule has 1 N–H and O–H groups in total. The van der Waals surface area contributed by atoms with Crippen molar-refractivity contribution in [2.75, 3.05) is 0 Å². The van der Waals surface area contributed by atoms with Crippen molar-refractivity contribution in [1.82, 2.24) is 0 Å². The molecule has 0 saturated carbocycles. The molecule has 2 rings (SSSR count). The van der Waals surface area contributed by atoms with E-state index in [1.807, 2.05) is 0 Å². The lowest BCUT2D eigenvalue weighted by molar-refractivity contribution is -0.274. The Balaban J connectivity index is 2.25. The summed E-state index contributed by atoms with van der Waals surface area (Å²) in [5.74, 6) is -1.44. The number of carbonyl (C=O) groups is 1. The molecule has 0 fully saturated rings. The lowest BCUT2D eigenvalue weighted by Gasteiger charge is -2.10. The Bertz CT molecular complexity index is 656. The zero-order valence-corrected chi connectivity index (χ0v) is 11.2. The molecule has 7 heteroatoms. The maximum atomic E-state index is 12.2. The average Bonchev–Trinajstić information content (AvgIpc) is 2.37. The van der Waals surface area contributed by atoms with Crippen molar-refractivity contribution in [2.24, 2.45) is 0 Å². The summed E-state index contributed by atoms with van der Waals surface area (Å²) in [5, 5.41) is 9.06. The zero-order valence-electron chi connectivity index (χ0n) is 10.4. The molecule has 0 unspecified atom stereocenters. The van der Waals surface area contributed by atoms with Crippen LogP contribution in [-0.4, -0.2) is 17.4 Å². The number of rotatable bonds is 4. The van der Waals surface area contributed by atoms with Gasteiger partial charge in [-0.1, -0.05) is 30.0 Å². The highest BCUT2D eigenvalue weighted by atomic mass is 32.2. The Morgan fingerprint density at radius 3 is 2.48 bits per heavy atom. The molecule has 0 aliphatic heterocycles. The predicted octanol–water partition coefficient (Wildman–Crippen LogP) is 4.43. The second-order valence-corrected chi connectivity index (χ2v) is 5.04. The van der Waals surface area contributed by atoms with Crippen LogP contribution >= 0.6 is 11.8 Å². The van der Waals surface area contributed by atoms with Gasteiger partial charge in [0.2, 0.25) is 0 Å². The molecule has 0 atom stereocenters. The first-order chi connectivity index (χ1) is 9.85. The van der Waals surface area contributed by atoms with Crippen LogP contribution in [0.1, 0.15) is 10.4 Å². The highest BCUT2D eigenvalue weighted by Gasteiger charge is 2.31. The summed E-state index contributed by atoms with van der Waals surface area (Å²) in [6.07, 6.45) is -4.76. The van der Waals surface area contributed by atoms with E-state index in [1.165, 1.54) is 24.3 Å². The second kappa shape index (κ2) is 6.09. The van der Waals surface area contributed by atoms with E-state index in [0.717, 1.165) is 11.8 Å². The molecule has 0 saturated heterocycles. The Kier molecular flexibility index (Phi) is 4.42. The van der Waals surface area contributed by atoms with E-state index in [4.69, 9.17) is 5.11 Å². The average molecular weight is 314 g/mol. The normalized spacial score (nSPS) is 11.2. The molecule has 0 aliphatic rings. The first-order valence-electron chi connectivity index (χ1n) is 5.71. The molecule has 0 radical (unpaired) electrons. The van der Waals surface area contributed by atoms with Crippen molar-refractivity contribution in [2.45, 2.75) is 16.2 Å². The molecule has 0 bridgehead atoms. The summed E-state index contributed by atoms with van der Waals surface area (Å²) in [6.45, 7) is 0. The lowest BCUT2D eigenvalue weighted by Crippen LogP contribution is -2.17. The summed E-state index contributed by atoms with van der Waals surface area (Å²) in [6, 6.07) is 11.6. The molecule has 0 heterocycles. The van der Waals surface area contributed by atoms with E-state index in [2.05, 4.69) is 4.74 Å². The minimum absolute atomic E-state index is 0.0876. The minimum atomic E-state index is -4.76.